The van der Waals surface area contributed by atoms with Gasteiger partial charge in [-0.3, -0.25) is 4.79 Å². The topological polar surface area (TPSA) is 26.3 Å². The Morgan fingerprint density at radius 1 is 1.31 bits per heavy atom. The molecule has 1 aromatic carbocycles. The van der Waals surface area contributed by atoms with E-state index in [-0.39, 0.29) is 17.3 Å². The van der Waals surface area contributed by atoms with Crippen molar-refractivity contribution in [3.8, 4) is 5.75 Å². The van der Waals surface area contributed by atoms with Crippen LogP contribution in [0.5, 0.6) is 5.75 Å². The number of hydrogen-bond acceptors (Lipinski definition) is 2. The lowest BCUT2D eigenvalue weighted by Gasteiger charge is -2.19. The van der Waals surface area contributed by atoms with Crippen LogP contribution in [-0.2, 0) is 10.2 Å². The molecule has 0 atom stereocenters. The molecule has 1 aliphatic carbocycles. The summed E-state index contributed by atoms with van der Waals surface area (Å²) in [6.45, 7) is 6.44. The molecule has 0 radical (unpaired) electrons. The maximum Gasteiger partial charge on any atom is 0.314 e. The van der Waals surface area contributed by atoms with Gasteiger partial charge in [0.25, 0.3) is 0 Å². The van der Waals surface area contributed by atoms with Gasteiger partial charge in [-0.25, -0.2) is 0 Å². The van der Waals surface area contributed by atoms with E-state index in [2.05, 4.69) is 26.8 Å². The number of hydrogen-bond donors (Lipinski definition) is 0. The van der Waals surface area contributed by atoms with Crippen LogP contribution in [0, 0.1) is 5.92 Å². The minimum absolute atomic E-state index is 0.0777. The molecule has 0 spiro atoms. The van der Waals surface area contributed by atoms with Gasteiger partial charge in [0.15, 0.2) is 0 Å². The smallest absolute Gasteiger partial charge is 0.314 e. The number of ether oxygens (including phenoxy) is 1. The molecular weight excluding hydrogens is 200 g/mol. The first-order valence-corrected chi connectivity index (χ1v) is 5.79. The molecular formula is C14H18O2. The molecule has 1 aromatic rings. The van der Waals surface area contributed by atoms with E-state index in [1.807, 2.05) is 18.2 Å². The van der Waals surface area contributed by atoms with Crippen LogP contribution in [0.4, 0.5) is 0 Å². The molecule has 0 unspecified atom stereocenters. The molecule has 0 aromatic heterocycles. The van der Waals surface area contributed by atoms with Crippen molar-refractivity contribution in [3.05, 3.63) is 29.8 Å². The van der Waals surface area contributed by atoms with Gasteiger partial charge in [-0.15, -0.1) is 0 Å². The van der Waals surface area contributed by atoms with E-state index in [0.717, 1.165) is 12.8 Å². The Labute approximate surface area is 96.6 Å². The minimum atomic E-state index is -0.0777. The van der Waals surface area contributed by atoms with Crippen molar-refractivity contribution in [2.75, 3.05) is 0 Å². The number of carbonyl (C=O) groups is 1. The quantitative estimate of drug-likeness (QED) is 0.562. The second-order valence-electron chi connectivity index (χ2n) is 5.47. The second kappa shape index (κ2) is 3.93. The van der Waals surface area contributed by atoms with Crippen molar-refractivity contribution in [3.63, 3.8) is 0 Å². The van der Waals surface area contributed by atoms with Crippen molar-refractivity contribution in [2.24, 2.45) is 5.92 Å². The number of carbonyl (C=O) groups excluding carboxylic acids is 1. The highest BCUT2D eigenvalue weighted by Gasteiger charge is 2.31. The number of esters is 1. The third-order valence-electron chi connectivity index (χ3n) is 2.83. The highest BCUT2D eigenvalue weighted by molar-refractivity contribution is 5.77. The summed E-state index contributed by atoms with van der Waals surface area (Å²) in [5.74, 6) is 0.744. The fourth-order valence-electron chi connectivity index (χ4n) is 1.54. The van der Waals surface area contributed by atoms with Gasteiger partial charge in [-0.2, -0.15) is 0 Å². The van der Waals surface area contributed by atoms with Crippen LogP contribution in [-0.4, -0.2) is 5.97 Å². The molecule has 1 saturated carbocycles. The van der Waals surface area contributed by atoms with Crippen molar-refractivity contribution >= 4 is 5.97 Å². The molecule has 0 aliphatic heterocycles. The molecule has 0 saturated heterocycles. The Hall–Kier alpha value is -1.31. The Bertz CT molecular complexity index is 397. The lowest BCUT2D eigenvalue weighted by Crippen LogP contribution is -2.13. The summed E-state index contributed by atoms with van der Waals surface area (Å²) >= 11 is 0. The monoisotopic (exact) mass is 218 g/mol. The second-order valence-corrected chi connectivity index (χ2v) is 5.47. The summed E-state index contributed by atoms with van der Waals surface area (Å²) in [6.07, 6.45) is 1.97. The zero-order valence-corrected chi connectivity index (χ0v) is 10.1. The van der Waals surface area contributed by atoms with Crippen molar-refractivity contribution < 1.29 is 9.53 Å². The minimum Gasteiger partial charge on any atom is -0.426 e. The first-order chi connectivity index (χ1) is 7.47. The largest absolute Gasteiger partial charge is 0.426 e. The fraction of sp³-hybridized carbons (Fsp3) is 0.500. The zero-order chi connectivity index (χ0) is 11.8. The van der Waals surface area contributed by atoms with Crippen molar-refractivity contribution in [1.82, 2.24) is 0 Å². The Morgan fingerprint density at radius 3 is 2.56 bits per heavy atom. The van der Waals surface area contributed by atoms with Crippen molar-refractivity contribution in [2.45, 2.75) is 39.0 Å². The molecule has 2 nitrogen and oxygen atoms in total. The summed E-state index contributed by atoms with van der Waals surface area (Å²) in [5.41, 5.74) is 1.27. The lowest BCUT2D eigenvalue weighted by atomic mass is 9.87. The van der Waals surface area contributed by atoms with Crippen LogP contribution < -0.4 is 4.74 Å². The highest BCUT2D eigenvalue weighted by Crippen LogP contribution is 2.31. The number of benzene rings is 1. The van der Waals surface area contributed by atoms with E-state index >= 15 is 0 Å². The van der Waals surface area contributed by atoms with E-state index in [9.17, 15) is 4.79 Å². The van der Waals surface area contributed by atoms with Crippen LogP contribution in [0.25, 0.3) is 0 Å². The lowest BCUT2D eigenvalue weighted by molar-refractivity contribution is -0.135. The van der Waals surface area contributed by atoms with E-state index < -0.39 is 0 Å². The summed E-state index contributed by atoms with van der Waals surface area (Å²) in [4.78, 5) is 11.5. The Morgan fingerprint density at radius 2 is 2.00 bits per heavy atom. The van der Waals surface area contributed by atoms with Gasteiger partial charge in [-0.1, -0.05) is 32.9 Å². The molecule has 1 fully saturated rings. The SMILES string of the molecule is CC(C)(C)c1cccc(OC(=O)C2CC2)c1. The standard InChI is InChI=1S/C14H18O2/c1-14(2,3)11-5-4-6-12(9-11)16-13(15)10-7-8-10/h4-6,9-10H,7-8H2,1-3H3. The van der Waals surface area contributed by atoms with E-state index in [1.165, 1.54) is 5.56 Å². The van der Waals surface area contributed by atoms with E-state index in [1.54, 1.807) is 0 Å². The van der Waals surface area contributed by atoms with Gasteiger partial charge in [0, 0.05) is 0 Å². The summed E-state index contributed by atoms with van der Waals surface area (Å²) in [6, 6.07) is 7.81. The van der Waals surface area contributed by atoms with Gasteiger partial charge < -0.3 is 4.74 Å². The molecule has 86 valence electrons. The maximum atomic E-state index is 11.5. The van der Waals surface area contributed by atoms with Gasteiger partial charge in [0.2, 0.25) is 0 Å². The first kappa shape index (κ1) is 11.2. The average Bonchev–Trinajstić information content (AvgIpc) is 2.99. The van der Waals surface area contributed by atoms with Gasteiger partial charge in [0.05, 0.1) is 5.92 Å². The van der Waals surface area contributed by atoms with Crippen LogP contribution in [0.15, 0.2) is 24.3 Å². The first-order valence-electron chi connectivity index (χ1n) is 5.79. The average molecular weight is 218 g/mol. The third kappa shape index (κ3) is 2.63. The Balaban J connectivity index is 2.12. The Kier molecular flexibility index (Phi) is 2.75. The van der Waals surface area contributed by atoms with E-state index in [0.29, 0.717) is 5.75 Å². The van der Waals surface area contributed by atoms with Gasteiger partial charge >= 0.3 is 5.97 Å². The van der Waals surface area contributed by atoms with Gasteiger partial charge in [-0.05, 0) is 36.0 Å². The molecule has 0 amide bonds. The van der Waals surface area contributed by atoms with Crippen LogP contribution >= 0.6 is 0 Å². The van der Waals surface area contributed by atoms with Crippen molar-refractivity contribution in [1.29, 1.82) is 0 Å². The fourth-order valence-corrected chi connectivity index (χ4v) is 1.54. The van der Waals surface area contributed by atoms with Gasteiger partial charge in [0.1, 0.15) is 5.75 Å². The third-order valence-corrected chi connectivity index (χ3v) is 2.83. The molecule has 1 aliphatic rings. The van der Waals surface area contributed by atoms with Crippen LogP contribution in [0.2, 0.25) is 0 Å². The molecule has 2 heteroatoms. The predicted octanol–water partition coefficient (Wildman–Crippen LogP) is 3.30. The number of rotatable bonds is 2. The summed E-state index contributed by atoms with van der Waals surface area (Å²) in [7, 11) is 0. The zero-order valence-electron chi connectivity index (χ0n) is 10.1. The highest BCUT2D eigenvalue weighted by atomic mass is 16.5. The molecule has 2 rings (SSSR count). The molecule has 0 N–H and O–H groups in total. The van der Waals surface area contributed by atoms with Crippen LogP contribution in [0.3, 0.4) is 0 Å². The predicted molar refractivity (Wildman–Crippen MR) is 63.5 cm³/mol. The molecule has 16 heavy (non-hydrogen) atoms. The van der Waals surface area contributed by atoms with E-state index in [4.69, 9.17) is 4.74 Å². The molecule has 0 heterocycles. The summed E-state index contributed by atoms with van der Waals surface area (Å²) in [5, 5.41) is 0. The van der Waals surface area contributed by atoms with Crippen LogP contribution in [0.1, 0.15) is 39.2 Å². The summed E-state index contributed by atoms with van der Waals surface area (Å²) < 4.78 is 5.34. The molecule has 0 bridgehead atoms. The normalized spacial score (nSPS) is 15.9. The maximum absolute atomic E-state index is 11.5.